The summed E-state index contributed by atoms with van der Waals surface area (Å²) in [5.74, 6) is 1.79. The number of hydrogen-bond donors (Lipinski definition) is 1. The lowest BCUT2D eigenvalue weighted by atomic mass is 10.1. The van der Waals surface area contributed by atoms with Crippen molar-refractivity contribution in [2.24, 2.45) is 12.0 Å². The van der Waals surface area contributed by atoms with Crippen molar-refractivity contribution in [2.45, 2.75) is 33.7 Å². The van der Waals surface area contributed by atoms with Gasteiger partial charge in [-0.3, -0.25) is 4.99 Å². The molecule has 0 unspecified atom stereocenters. The standard InChI is InChI=1S/C17H26BrN5O/c1-6-19-17(20-8-7-16-12(2)21-24-13(16)3)23(5)11-15-9-14(18)10-22(15)4/h9-10H,6-8,11H2,1-5H3,(H,19,20). The molecule has 0 aliphatic carbocycles. The van der Waals surface area contributed by atoms with Crippen molar-refractivity contribution < 1.29 is 4.52 Å². The fourth-order valence-corrected chi connectivity index (χ4v) is 3.21. The van der Waals surface area contributed by atoms with Crippen molar-refractivity contribution in [3.05, 3.63) is 39.4 Å². The molecule has 2 rings (SSSR count). The van der Waals surface area contributed by atoms with Crippen LogP contribution in [0.3, 0.4) is 0 Å². The molecule has 0 atom stereocenters. The normalized spacial score (nSPS) is 11.8. The number of nitrogens with zero attached hydrogens (tertiary/aromatic N) is 4. The van der Waals surface area contributed by atoms with Crippen LogP contribution in [0.1, 0.15) is 29.6 Å². The second-order valence-corrected chi connectivity index (χ2v) is 6.82. The van der Waals surface area contributed by atoms with Crippen LogP contribution in [-0.2, 0) is 20.0 Å². The molecule has 0 aliphatic rings. The van der Waals surface area contributed by atoms with Crippen LogP contribution in [0.5, 0.6) is 0 Å². The molecule has 0 saturated heterocycles. The second-order valence-electron chi connectivity index (χ2n) is 5.91. The SMILES string of the molecule is CCNC(=NCCc1c(C)noc1C)N(C)Cc1cc(Br)cn1C. The van der Waals surface area contributed by atoms with Crippen molar-refractivity contribution in [3.63, 3.8) is 0 Å². The van der Waals surface area contributed by atoms with Crippen LogP contribution >= 0.6 is 15.9 Å². The third-order valence-electron chi connectivity index (χ3n) is 3.97. The van der Waals surface area contributed by atoms with Gasteiger partial charge in [-0.1, -0.05) is 5.16 Å². The summed E-state index contributed by atoms with van der Waals surface area (Å²) in [7, 11) is 4.10. The van der Waals surface area contributed by atoms with Crippen LogP contribution < -0.4 is 5.32 Å². The molecule has 0 aliphatic heterocycles. The van der Waals surface area contributed by atoms with Gasteiger partial charge in [-0.05, 0) is 49.2 Å². The quantitative estimate of drug-likeness (QED) is 0.603. The summed E-state index contributed by atoms with van der Waals surface area (Å²) in [6.45, 7) is 8.33. The van der Waals surface area contributed by atoms with Gasteiger partial charge in [-0.15, -0.1) is 0 Å². The fraction of sp³-hybridized carbons (Fsp3) is 0.529. The number of aryl methyl sites for hydroxylation is 3. The molecule has 132 valence electrons. The van der Waals surface area contributed by atoms with Gasteiger partial charge in [0.2, 0.25) is 0 Å². The summed E-state index contributed by atoms with van der Waals surface area (Å²) < 4.78 is 8.42. The van der Waals surface area contributed by atoms with Crippen LogP contribution in [0.15, 0.2) is 26.3 Å². The summed E-state index contributed by atoms with van der Waals surface area (Å²) in [5, 5.41) is 7.35. The average molecular weight is 396 g/mol. The number of rotatable bonds is 6. The van der Waals surface area contributed by atoms with E-state index >= 15 is 0 Å². The highest BCUT2D eigenvalue weighted by Crippen LogP contribution is 2.15. The minimum absolute atomic E-state index is 0.701. The molecule has 7 heteroatoms. The number of halogens is 1. The lowest BCUT2D eigenvalue weighted by molar-refractivity contribution is 0.392. The van der Waals surface area contributed by atoms with E-state index < -0.39 is 0 Å². The molecule has 6 nitrogen and oxygen atoms in total. The minimum Gasteiger partial charge on any atom is -0.361 e. The Morgan fingerprint density at radius 1 is 1.46 bits per heavy atom. The van der Waals surface area contributed by atoms with Crippen LogP contribution in [0.25, 0.3) is 0 Å². The smallest absolute Gasteiger partial charge is 0.194 e. The third kappa shape index (κ3) is 4.63. The number of nitrogens with one attached hydrogen (secondary N) is 1. The van der Waals surface area contributed by atoms with Gasteiger partial charge in [-0.25, -0.2) is 0 Å². The molecule has 2 aromatic rings. The van der Waals surface area contributed by atoms with Gasteiger partial charge in [0.15, 0.2) is 5.96 Å². The van der Waals surface area contributed by atoms with E-state index in [9.17, 15) is 0 Å². The number of aromatic nitrogens is 2. The molecular weight excluding hydrogens is 370 g/mol. The first-order valence-corrected chi connectivity index (χ1v) is 8.93. The van der Waals surface area contributed by atoms with Crippen LogP contribution in [0.2, 0.25) is 0 Å². The van der Waals surface area contributed by atoms with E-state index in [4.69, 9.17) is 9.52 Å². The summed E-state index contributed by atoms with van der Waals surface area (Å²) in [4.78, 5) is 6.88. The zero-order valence-corrected chi connectivity index (χ0v) is 16.6. The van der Waals surface area contributed by atoms with Crippen LogP contribution in [0, 0.1) is 13.8 Å². The van der Waals surface area contributed by atoms with Gasteiger partial charge in [0.1, 0.15) is 5.76 Å². The van der Waals surface area contributed by atoms with Gasteiger partial charge in [-0.2, -0.15) is 0 Å². The summed E-state index contributed by atoms with van der Waals surface area (Å²) in [6, 6.07) is 2.13. The topological polar surface area (TPSA) is 58.6 Å². The molecule has 0 amide bonds. The predicted molar refractivity (Wildman–Crippen MR) is 100 cm³/mol. The number of aliphatic imine (C=N–C) groups is 1. The highest BCUT2D eigenvalue weighted by atomic mass is 79.9. The van der Waals surface area contributed by atoms with Gasteiger partial charge in [0.25, 0.3) is 0 Å². The average Bonchev–Trinajstić information content (AvgIpc) is 3.01. The maximum Gasteiger partial charge on any atom is 0.194 e. The van der Waals surface area contributed by atoms with Gasteiger partial charge in [0, 0.05) is 49.1 Å². The first kappa shape index (κ1) is 18.6. The van der Waals surface area contributed by atoms with Crippen molar-refractivity contribution >= 4 is 21.9 Å². The Morgan fingerprint density at radius 3 is 2.75 bits per heavy atom. The van der Waals surface area contributed by atoms with E-state index in [0.29, 0.717) is 6.54 Å². The first-order chi connectivity index (χ1) is 11.4. The van der Waals surface area contributed by atoms with Crippen molar-refractivity contribution in [3.8, 4) is 0 Å². The van der Waals surface area contributed by atoms with Crippen molar-refractivity contribution in [1.29, 1.82) is 0 Å². The Balaban J connectivity index is 2.03. The largest absolute Gasteiger partial charge is 0.361 e. The van der Waals surface area contributed by atoms with Gasteiger partial charge < -0.3 is 19.3 Å². The second kappa shape index (κ2) is 8.37. The summed E-state index contributed by atoms with van der Waals surface area (Å²) >= 11 is 3.52. The molecule has 0 fully saturated rings. The molecule has 0 radical (unpaired) electrons. The van der Waals surface area contributed by atoms with Crippen LogP contribution in [0.4, 0.5) is 0 Å². The van der Waals surface area contributed by atoms with Gasteiger partial charge >= 0.3 is 0 Å². The Bertz CT molecular complexity index is 684. The maximum atomic E-state index is 5.21. The van der Waals surface area contributed by atoms with E-state index in [2.05, 4.69) is 69.2 Å². The molecule has 0 spiro atoms. The number of hydrogen-bond acceptors (Lipinski definition) is 3. The van der Waals surface area contributed by atoms with E-state index in [1.54, 1.807) is 0 Å². The van der Waals surface area contributed by atoms with E-state index in [-0.39, 0.29) is 0 Å². The molecule has 2 heterocycles. The Morgan fingerprint density at radius 2 is 2.21 bits per heavy atom. The molecule has 1 N–H and O–H groups in total. The Labute approximate surface area is 152 Å². The molecule has 0 saturated carbocycles. The van der Waals surface area contributed by atoms with E-state index in [1.807, 2.05) is 13.8 Å². The Kier molecular flexibility index (Phi) is 6.48. The van der Waals surface area contributed by atoms with Crippen molar-refractivity contribution in [2.75, 3.05) is 20.1 Å². The van der Waals surface area contributed by atoms with E-state index in [0.717, 1.165) is 47.0 Å². The van der Waals surface area contributed by atoms with Crippen molar-refractivity contribution in [1.82, 2.24) is 19.9 Å². The molecule has 24 heavy (non-hydrogen) atoms. The zero-order valence-electron chi connectivity index (χ0n) is 15.1. The maximum absolute atomic E-state index is 5.21. The summed E-state index contributed by atoms with van der Waals surface area (Å²) in [5.41, 5.74) is 3.33. The predicted octanol–water partition coefficient (Wildman–Crippen LogP) is 3.03. The molecular formula is C17H26BrN5O. The molecule has 0 aromatic carbocycles. The summed E-state index contributed by atoms with van der Waals surface area (Å²) in [6.07, 6.45) is 2.89. The lowest BCUT2D eigenvalue weighted by Crippen LogP contribution is -2.39. The van der Waals surface area contributed by atoms with Gasteiger partial charge in [0.05, 0.1) is 12.2 Å². The minimum atomic E-state index is 0.701. The third-order valence-corrected chi connectivity index (χ3v) is 4.41. The van der Waals surface area contributed by atoms with Crippen LogP contribution in [-0.4, -0.2) is 40.7 Å². The first-order valence-electron chi connectivity index (χ1n) is 8.14. The van der Waals surface area contributed by atoms with E-state index in [1.165, 1.54) is 5.69 Å². The Hall–Kier alpha value is -1.76. The highest BCUT2D eigenvalue weighted by Gasteiger charge is 2.11. The monoisotopic (exact) mass is 395 g/mol. The number of guanidine groups is 1. The molecule has 2 aromatic heterocycles. The zero-order chi connectivity index (χ0) is 17.7. The lowest BCUT2D eigenvalue weighted by Gasteiger charge is -2.22. The highest BCUT2D eigenvalue weighted by molar-refractivity contribution is 9.10. The molecule has 0 bridgehead atoms. The fourth-order valence-electron chi connectivity index (χ4n) is 2.64.